The summed E-state index contributed by atoms with van der Waals surface area (Å²) in [6.07, 6.45) is 22.6. The summed E-state index contributed by atoms with van der Waals surface area (Å²) in [6.45, 7) is 4.31. The molecule has 3 aromatic carbocycles. The van der Waals surface area contributed by atoms with Crippen molar-refractivity contribution in [1.29, 1.82) is 0 Å². The first-order chi connectivity index (χ1) is 21.4. The Morgan fingerprint density at radius 3 is 1.80 bits per heavy atom. The van der Waals surface area contributed by atoms with Gasteiger partial charge in [0.05, 0.1) is 0 Å². The summed E-state index contributed by atoms with van der Waals surface area (Å²) in [5.41, 5.74) is 2.79. The van der Waals surface area contributed by atoms with Gasteiger partial charge in [-0.25, -0.2) is 17.6 Å². The SMILES string of the molecule is CCCC=CCc1ccc(-c2ccc(-c3ccc(C4=CCC(CCCCCCCCCC)CC4)c(F)c3F)cc2)c(F)c1F. The molecule has 0 aromatic heterocycles. The molecule has 3 aromatic rings. The molecule has 0 radical (unpaired) electrons. The average Bonchev–Trinajstić information content (AvgIpc) is 3.04. The maximum atomic E-state index is 15.3. The number of benzene rings is 3. The van der Waals surface area contributed by atoms with E-state index >= 15 is 8.78 Å². The highest BCUT2D eigenvalue weighted by Crippen LogP contribution is 2.37. The van der Waals surface area contributed by atoms with Gasteiger partial charge in [0.1, 0.15) is 0 Å². The molecule has 1 unspecified atom stereocenters. The van der Waals surface area contributed by atoms with E-state index in [9.17, 15) is 8.78 Å². The first-order valence-corrected chi connectivity index (χ1v) is 16.8. The molecule has 1 aliphatic carbocycles. The van der Waals surface area contributed by atoms with Gasteiger partial charge in [0.25, 0.3) is 0 Å². The van der Waals surface area contributed by atoms with Gasteiger partial charge in [-0.2, -0.15) is 0 Å². The molecule has 44 heavy (non-hydrogen) atoms. The second-order valence-corrected chi connectivity index (χ2v) is 12.4. The topological polar surface area (TPSA) is 0 Å². The molecule has 0 nitrogen and oxygen atoms in total. The lowest BCUT2D eigenvalue weighted by molar-refractivity contribution is 0.421. The van der Waals surface area contributed by atoms with Gasteiger partial charge >= 0.3 is 0 Å². The molecule has 4 heteroatoms. The number of rotatable bonds is 16. The van der Waals surface area contributed by atoms with Gasteiger partial charge in [-0.15, -0.1) is 0 Å². The smallest absolute Gasteiger partial charge is 0.167 e. The molecule has 0 heterocycles. The number of hydrogen-bond donors (Lipinski definition) is 0. The Morgan fingerprint density at radius 1 is 0.614 bits per heavy atom. The molecule has 236 valence electrons. The third-order valence-corrected chi connectivity index (χ3v) is 9.04. The Morgan fingerprint density at radius 2 is 1.18 bits per heavy atom. The molecule has 1 atom stereocenters. The average molecular weight is 605 g/mol. The molecule has 0 saturated carbocycles. The fraction of sp³-hybridized carbons (Fsp3) is 0.450. The second-order valence-electron chi connectivity index (χ2n) is 12.4. The Hall–Kier alpha value is -3.14. The third-order valence-electron chi connectivity index (χ3n) is 9.04. The van der Waals surface area contributed by atoms with Crippen LogP contribution in [0.25, 0.3) is 27.8 Å². The second kappa shape index (κ2) is 17.4. The molecule has 0 N–H and O–H groups in total. The molecule has 0 saturated heterocycles. The molecule has 0 fully saturated rings. The minimum atomic E-state index is -0.901. The first-order valence-electron chi connectivity index (χ1n) is 16.8. The highest BCUT2D eigenvalue weighted by molar-refractivity contribution is 5.74. The van der Waals surface area contributed by atoms with Crippen molar-refractivity contribution < 1.29 is 17.6 Å². The molecular weight excluding hydrogens is 556 g/mol. The van der Waals surface area contributed by atoms with E-state index in [1.54, 1.807) is 48.5 Å². The number of unbranched alkanes of at least 4 members (excludes halogenated alkanes) is 8. The third kappa shape index (κ3) is 8.96. The Bertz CT molecular complexity index is 1400. The van der Waals surface area contributed by atoms with Gasteiger partial charge in [0.15, 0.2) is 23.3 Å². The van der Waals surface area contributed by atoms with Crippen LogP contribution in [0.15, 0.2) is 66.8 Å². The lowest BCUT2D eigenvalue weighted by Gasteiger charge is -2.23. The maximum absolute atomic E-state index is 15.3. The zero-order valence-electron chi connectivity index (χ0n) is 26.5. The maximum Gasteiger partial charge on any atom is 0.167 e. The first kappa shape index (κ1) is 33.7. The van der Waals surface area contributed by atoms with Gasteiger partial charge in [0, 0.05) is 16.7 Å². The van der Waals surface area contributed by atoms with Crippen molar-refractivity contribution in [2.45, 2.75) is 110 Å². The fourth-order valence-corrected chi connectivity index (χ4v) is 6.28. The number of hydrogen-bond acceptors (Lipinski definition) is 0. The quantitative estimate of drug-likeness (QED) is 0.0867. The molecule has 0 bridgehead atoms. The van der Waals surface area contributed by atoms with Crippen LogP contribution in [0.3, 0.4) is 0 Å². The standard InChI is InChI=1S/C40H48F4/c1-3-5-7-9-10-11-12-13-15-29-17-19-30(20-18-29)35-27-28-36(40(44)39(35)43)32-23-21-31(22-24-32)34-26-25-33(37(41)38(34)42)16-14-8-6-4-2/h8,14,19,21-29H,3-7,9-13,15-18,20H2,1-2H3. The van der Waals surface area contributed by atoms with E-state index in [-0.39, 0.29) is 11.1 Å². The van der Waals surface area contributed by atoms with E-state index < -0.39 is 23.3 Å². The molecule has 1 aliphatic rings. The molecule has 0 spiro atoms. The Labute approximate surface area is 262 Å². The van der Waals surface area contributed by atoms with Crippen molar-refractivity contribution in [3.8, 4) is 22.3 Å². The van der Waals surface area contributed by atoms with Crippen molar-refractivity contribution >= 4 is 5.57 Å². The van der Waals surface area contributed by atoms with E-state index in [0.29, 0.717) is 34.6 Å². The van der Waals surface area contributed by atoms with Crippen LogP contribution in [0.2, 0.25) is 0 Å². The van der Waals surface area contributed by atoms with Gasteiger partial charge in [-0.1, -0.05) is 145 Å². The molecule has 4 rings (SSSR count). The predicted molar refractivity (Wildman–Crippen MR) is 177 cm³/mol. The van der Waals surface area contributed by atoms with Crippen LogP contribution < -0.4 is 0 Å². The Balaban J connectivity index is 1.36. The van der Waals surface area contributed by atoms with E-state index in [0.717, 1.165) is 37.7 Å². The van der Waals surface area contributed by atoms with E-state index in [1.165, 1.54) is 57.8 Å². The minimum Gasteiger partial charge on any atom is -0.203 e. The van der Waals surface area contributed by atoms with Gasteiger partial charge < -0.3 is 0 Å². The van der Waals surface area contributed by atoms with E-state index in [2.05, 4.69) is 19.9 Å². The van der Waals surface area contributed by atoms with Gasteiger partial charge in [-0.05, 0) is 60.3 Å². The van der Waals surface area contributed by atoms with Gasteiger partial charge in [0.2, 0.25) is 0 Å². The largest absolute Gasteiger partial charge is 0.203 e. The lowest BCUT2D eigenvalue weighted by atomic mass is 9.83. The van der Waals surface area contributed by atoms with Crippen molar-refractivity contribution in [3.63, 3.8) is 0 Å². The van der Waals surface area contributed by atoms with Crippen LogP contribution in [0.5, 0.6) is 0 Å². The highest BCUT2D eigenvalue weighted by Gasteiger charge is 2.21. The minimum absolute atomic E-state index is 0.141. The van der Waals surface area contributed by atoms with E-state index in [1.807, 2.05) is 12.2 Å². The number of halogens is 4. The van der Waals surface area contributed by atoms with Crippen molar-refractivity contribution in [3.05, 3.63) is 101 Å². The van der Waals surface area contributed by atoms with Crippen LogP contribution in [0.4, 0.5) is 17.6 Å². The number of allylic oxidation sites excluding steroid dienone is 4. The zero-order chi connectivity index (χ0) is 31.3. The van der Waals surface area contributed by atoms with Crippen molar-refractivity contribution in [2.24, 2.45) is 5.92 Å². The summed E-state index contributed by atoms with van der Waals surface area (Å²) in [4.78, 5) is 0. The summed E-state index contributed by atoms with van der Waals surface area (Å²) < 4.78 is 60.3. The molecular formula is C40H48F4. The van der Waals surface area contributed by atoms with Crippen LogP contribution in [0, 0.1) is 29.2 Å². The molecule has 0 aliphatic heterocycles. The van der Waals surface area contributed by atoms with Crippen LogP contribution in [-0.2, 0) is 6.42 Å². The summed E-state index contributed by atoms with van der Waals surface area (Å²) in [6, 6.07) is 13.0. The summed E-state index contributed by atoms with van der Waals surface area (Å²) in [5.74, 6) is -2.83. The fourth-order valence-electron chi connectivity index (χ4n) is 6.28. The van der Waals surface area contributed by atoms with Crippen LogP contribution in [0.1, 0.15) is 115 Å². The van der Waals surface area contributed by atoms with Crippen LogP contribution >= 0.6 is 0 Å². The predicted octanol–water partition coefficient (Wildman–Crippen LogP) is 13.2. The monoisotopic (exact) mass is 604 g/mol. The highest BCUT2D eigenvalue weighted by atomic mass is 19.2. The van der Waals surface area contributed by atoms with Crippen molar-refractivity contribution in [2.75, 3.05) is 0 Å². The molecule has 0 amide bonds. The normalized spacial score (nSPS) is 15.2. The zero-order valence-corrected chi connectivity index (χ0v) is 26.5. The summed E-state index contributed by atoms with van der Waals surface area (Å²) in [7, 11) is 0. The summed E-state index contributed by atoms with van der Waals surface area (Å²) in [5, 5.41) is 0. The van der Waals surface area contributed by atoms with Crippen LogP contribution in [-0.4, -0.2) is 0 Å². The summed E-state index contributed by atoms with van der Waals surface area (Å²) >= 11 is 0. The van der Waals surface area contributed by atoms with Crippen molar-refractivity contribution in [1.82, 2.24) is 0 Å². The Kier molecular flexibility index (Phi) is 13.3. The van der Waals surface area contributed by atoms with Gasteiger partial charge in [-0.3, -0.25) is 0 Å². The lowest BCUT2D eigenvalue weighted by Crippen LogP contribution is -2.07. The van der Waals surface area contributed by atoms with E-state index in [4.69, 9.17) is 0 Å².